The van der Waals surface area contributed by atoms with Crippen LogP contribution in [0, 0.1) is 0 Å². The van der Waals surface area contributed by atoms with Gasteiger partial charge in [0.05, 0.1) is 8.66 Å². The maximum Gasteiger partial charge on any atom is 0.235 e. The summed E-state index contributed by atoms with van der Waals surface area (Å²) in [5.74, 6) is -0.462. The van der Waals surface area contributed by atoms with Crippen molar-refractivity contribution in [1.29, 1.82) is 0 Å². The predicted molar refractivity (Wildman–Crippen MR) is 42.4 cm³/mol. The molecule has 52 valence electrons. The highest BCUT2D eigenvalue weighted by Gasteiger charge is 2.05. The molecule has 0 saturated carbocycles. The Morgan fingerprint density at radius 3 is 2.70 bits per heavy atom. The second kappa shape index (κ2) is 3.07. The summed E-state index contributed by atoms with van der Waals surface area (Å²) in [4.78, 5) is 21.1. The molecule has 4 heteroatoms. The Bertz CT molecular complexity index is 266. The molecule has 2 nitrogen and oxygen atoms in total. The molecule has 1 heterocycles. The first-order valence-electron chi connectivity index (χ1n) is 2.49. The fourth-order valence-corrected chi connectivity index (χ4v) is 1.79. The number of Topliss-reactive ketones (excluding diaryl/α,β-unsaturated/α-hetero) is 1. The Morgan fingerprint density at radius 1 is 1.60 bits per heavy atom. The number of hydrogen-bond acceptors (Lipinski definition) is 3. The van der Waals surface area contributed by atoms with Crippen molar-refractivity contribution in [3.8, 4) is 0 Å². The van der Waals surface area contributed by atoms with Crippen molar-refractivity contribution in [1.82, 2.24) is 0 Å². The first-order valence-corrected chi connectivity index (χ1v) is 4.10. The zero-order valence-electron chi connectivity index (χ0n) is 4.83. The van der Waals surface area contributed by atoms with Crippen molar-refractivity contribution >= 4 is 39.3 Å². The van der Waals surface area contributed by atoms with E-state index in [-0.39, 0.29) is 0 Å². The Hall–Kier alpha value is -0.480. The van der Waals surface area contributed by atoms with E-state index in [4.69, 9.17) is 0 Å². The van der Waals surface area contributed by atoms with E-state index in [1.165, 1.54) is 11.3 Å². The maximum absolute atomic E-state index is 10.6. The zero-order chi connectivity index (χ0) is 7.56. The Kier molecular flexibility index (Phi) is 2.34. The van der Waals surface area contributed by atoms with Crippen molar-refractivity contribution < 1.29 is 9.59 Å². The summed E-state index contributed by atoms with van der Waals surface area (Å²) >= 11 is 4.44. The molecular formula is C6H3BrO2S. The van der Waals surface area contributed by atoms with Crippen LogP contribution in [0.3, 0.4) is 0 Å². The lowest BCUT2D eigenvalue weighted by atomic mass is 10.3. The topological polar surface area (TPSA) is 34.1 Å². The van der Waals surface area contributed by atoms with Crippen LogP contribution in [0.1, 0.15) is 9.67 Å². The Labute approximate surface area is 70.0 Å². The van der Waals surface area contributed by atoms with Crippen LogP contribution in [0.4, 0.5) is 0 Å². The summed E-state index contributed by atoms with van der Waals surface area (Å²) < 4.78 is 0.859. The third kappa shape index (κ3) is 1.52. The summed E-state index contributed by atoms with van der Waals surface area (Å²) in [6.07, 6.45) is 0.318. The number of carbonyl (C=O) groups excluding carboxylic acids is 2. The van der Waals surface area contributed by atoms with E-state index in [9.17, 15) is 9.59 Å². The molecule has 0 atom stereocenters. The molecule has 1 aromatic heterocycles. The van der Waals surface area contributed by atoms with Gasteiger partial charge in [0.25, 0.3) is 0 Å². The molecule has 0 bridgehead atoms. The van der Waals surface area contributed by atoms with Crippen molar-refractivity contribution in [3.63, 3.8) is 0 Å². The van der Waals surface area contributed by atoms with Gasteiger partial charge in [0.1, 0.15) is 0 Å². The third-order valence-electron chi connectivity index (χ3n) is 0.923. The minimum Gasteiger partial charge on any atom is -0.294 e. The molecule has 0 amide bonds. The van der Waals surface area contributed by atoms with Gasteiger partial charge in [-0.1, -0.05) is 0 Å². The smallest absolute Gasteiger partial charge is 0.235 e. The largest absolute Gasteiger partial charge is 0.294 e. The second-order valence-electron chi connectivity index (χ2n) is 1.59. The molecule has 0 aliphatic heterocycles. The van der Waals surface area contributed by atoms with Gasteiger partial charge in [-0.3, -0.25) is 9.59 Å². The molecule has 1 aromatic rings. The molecule has 0 fully saturated rings. The monoisotopic (exact) mass is 218 g/mol. The van der Waals surface area contributed by atoms with Crippen LogP contribution in [0.2, 0.25) is 0 Å². The quantitative estimate of drug-likeness (QED) is 0.432. The van der Waals surface area contributed by atoms with Gasteiger partial charge in [-0.2, -0.15) is 0 Å². The minimum absolute atomic E-state index is 0.318. The third-order valence-corrected chi connectivity index (χ3v) is 2.56. The summed E-state index contributed by atoms with van der Waals surface area (Å²) in [6, 6.07) is 3.35. The van der Waals surface area contributed by atoms with Gasteiger partial charge in [-0.15, -0.1) is 11.3 Å². The van der Waals surface area contributed by atoms with Gasteiger partial charge >= 0.3 is 0 Å². The van der Waals surface area contributed by atoms with Crippen molar-refractivity contribution in [2.75, 3.05) is 0 Å². The lowest BCUT2D eigenvalue weighted by molar-refractivity contribution is -0.104. The van der Waals surface area contributed by atoms with Crippen LogP contribution >= 0.6 is 27.3 Å². The van der Waals surface area contributed by atoms with E-state index in [0.29, 0.717) is 11.2 Å². The van der Waals surface area contributed by atoms with E-state index in [1.807, 2.05) is 0 Å². The van der Waals surface area contributed by atoms with Gasteiger partial charge in [0.2, 0.25) is 5.78 Å². The number of aldehydes is 1. The number of halogens is 1. The van der Waals surface area contributed by atoms with Crippen molar-refractivity contribution in [3.05, 3.63) is 20.8 Å². The lowest BCUT2D eigenvalue weighted by Gasteiger charge is -1.79. The van der Waals surface area contributed by atoms with E-state index in [2.05, 4.69) is 15.9 Å². The fraction of sp³-hybridized carbons (Fsp3) is 0. The van der Waals surface area contributed by atoms with Gasteiger partial charge in [-0.05, 0) is 28.1 Å². The fourth-order valence-electron chi connectivity index (χ4n) is 0.505. The van der Waals surface area contributed by atoms with Crippen LogP contribution in [0.5, 0.6) is 0 Å². The average Bonchev–Trinajstić information content (AvgIpc) is 2.34. The average molecular weight is 219 g/mol. The number of thiophene rings is 1. The summed E-state index contributed by atoms with van der Waals surface area (Å²) in [6.45, 7) is 0. The minimum atomic E-state index is -0.462. The summed E-state index contributed by atoms with van der Waals surface area (Å²) in [5.41, 5.74) is 0. The van der Waals surface area contributed by atoms with Crippen molar-refractivity contribution in [2.24, 2.45) is 0 Å². The lowest BCUT2D eigenvalue weighted by Crippen LogP contribution is -1.94. The maximum atomic E-state index is 10.6. The molecule has 0 saturated heterocycles. The number of ketones is 1. The molecular weight excluding hydrogens is 216 g/mol. The van der Waals surface area contributed by atoms with Gasteiger partial charge in [-0.25, -0.2) is 0 Å². The number of carbonyl (C=O) groups is 2. The molecule has 0 aromatic carbocycles. The van der Waals surface area contributed by atoms with Crippen LogP contribution in [-0.4, -0.2) is 12.1 Å². The van der Waals surface area contributed by atoms with E-state index >= 15 is 0 Å². The van der Waals surface area contributed by atoms with E-state index < -0.39 is 5.78 Å². The molecule has 0 radical (unpaired) electrons. The molecule has 0 N–H and O–H groups in total. The Morgan fingerprint density at radius 2 is 2.30 bits per heavy atom. The molecule has 0 unspecified atom stereocenters. The van der Waals surface area contributed by atoms with Crippen LogP contribution in [0.25, 0.3) is 0 Å². The normalized spacial score (nSPS) is 9.30. The predicted octanol–water partition coefficient (Wildman–Crippen LogP) is 1.89. The van der Waals surface area contributed by atoms with Crippen LogP contribution in [0.15, 0.2) is 15.9 Å². The first-order chi connectivity index (χ1) is 4.74. The number of hydrogen-bond donors (Lipinski definition) is 0. The van der Waals surface area contributed by atoms with E-state index in [1.54, 1.807) is 12.1 Å². The highest BCUT2D eigenvalue weighted by atomic mass is 79.9. The molecule has 0 spiro atoms. The molecule has 0 aliphatic carbocycles. The van der Waals surface area contributed by atoms with Gasteiger partial charge < -0.3 is 0 Å². The summed E-state index contributed by atoms with van der Waals surface area (Å²) in [5, 5.41) is 0. The highest BCUT2D eigenvalue weighted by molar-refractivity contribution is 9.11. The molecule has 10 heavy (non-hydrogen) atoms. The summed E-state index contributed by atoms with van der Waals surface area (Å²) in [7, 11) is 0. The molecule has 1 rings (SSSR count). The van der Waals surface area contributed by atoms with Crippen LogP contribution < -0.4 is 0 Å². The Balaban J connectivity index is 2.95. The number of rotatable bonds is 2. The highest BCUT2D eigenvalue weighted by Crippen LogP contribution is 2.21. The SMILES string of the molecule is O=CC(=O)c1ccc(Br)s1. The standard InChI is InChI=1S/C6H3BrO2S/c7-6-2-1-5(10-6)4(9)3-8/h1-3H. The zero-order valence-corrected chi connectivity index (χ0v) is 7.24. The second-order valence-corrected chi connectivity index (χ2v) is 4.05. The van der Waals surface area contributed by atoms with Crippen molar-refractivity contribution in [2.45, 2.75) is 0 Å². The van der Waals surface area contributed by atoms with Gasteiger partial charge in [0, 0.05) is 0 Å². The van der Waals surface area contributed by atoms with Gasteiger partial charge in [0.15, 0.2) is 6.29 Å². The molecule has 0 aliphatic rings. The van der Waals surface area contributed by atoms with E-state index in [0.717, 1.165) is 3.79 Å². The first kappa shape index (κ1) is 7.63. The van der Waals surface area contributed by atoms with Crippen LogP contribution in [-0.2, 0) is 4.79 Å².